The molecule has 0 spiro atoms. The Morgan fingerprint density at radius 3 is 2.57 bits per heavy atom. The van der Waals surface area contributed by atoms with E-state index in [2.05, 4.69) is 10.5 Å². The summed E-state index contributed by atoms with van der Waals surface area (Å²) in [4.78, 5) is 0. The Labute approximate surface area is 129 Å². The Morgan fingerprint density at radius 2 is 1.90 bits per heavy atom. The summed E-state index contributed by atoms with van der Waals surface area (Å²) in [7, 11) is 3.24. The van der Waals surface area contributed by atoms with Crippen LogP contribution in [0.25, 0.3) is 0 Å². The number of nitrogens with zero attached hydrogens (tertiary/aromatic N) is 1. The highest BCUT2D eigenvalue weighted by Gasteiger charge is 2.02. The Hall–Kier alpha value is -2.20. The van der Waals surface area contributed by atoms with Gasteiger partial charge < -0.3 is 9.47 Å². The van der Waals surface area contributed by atoms with Gasteiger partial charge in [0.15, 0.2) is 0 Å². The van der Waals surface area contributed by atoms with E-state index in [0.717, 1.165) is 28.3 Å². The molecule has 1 N–H and O–H groups in total. The normalized spacial score (nSPS) is 10.7. The van der Waals surface area contributed by atoms with Gasteiger partial charge in [0, 0.05) is 10.6 Å². The average molecular weight is 305 g/mol. The molecule has 0 bridgehead atoms. The zero-order valence-electron chi connectivity index (χ0n) is 12.2. The van der Waals surface area contributed by atoms with Gasteiger partial charge in [-0.15, -0.1) is 0 Å². The Morgan fingerprint density at radius 1 is 1.10 bits per heavy atom. The lowest BCUT2D eigenvalue weighted by Crippen LogP contribution is -1.95. The van der Waals surface area contributed by atoms with E-state index < -0.39 is 0 Å². The first-order valence-electron chi connectivity index (χ1n) is 6.41. The number of aryl methyl sites for hydroxylation is 1. The van der Waals surface area contributed by atoms with Crippen molar-refractivity contribution in [3.05, 3.63) is 52.5 Å². The molecule has 0 atom stereocenters. The van der Waals surface area contributed by atoms with Gasteiger partial charge >= 0.3 is 0 Å². The maximum Gasteiger partial charge on any atom is 0.127 e. The van der Waals surface area contributed by atoms with E-state index >= 15 is 0 Å². The molecule has 0 fully saturated rings. The quantitative estimate of drug-likeness (QED) is 0.667. The highest BCUT2D eigenvalue weighted by Crippen LogP contribution is 2.23. The summed E-state index contributed by atoms with van der Waals surface area (Å²) in [5.41, 5.74) is 5.61. The van der Waals surface area contributed by atoms with Crippen molar-refractivity contribution < 1.29 is 9.47 Å². The van der Waals surface area contributed by atoms with Crippen LogP contribution in [0.5, 0.6) is 11.5 Å². The van der Waals surface area contributed by atoms with Crippen LogP contribution < -0.4 is 14.9 Å². The van der Waals surface area contributed by atoms with E-state index in [1.807, 2.05) is 43.3 Å². The number of rotatable bonds is 5. The van der Waals surface area contributed by atoms with Crippen molar-refractivity contribution >= 4 is 23.5 Å². The van der Waals surface area contributed by atoms with Gasteiger partial charge in [-0.3, -0.25) is 5.43 Å². The van der Waals surface area contributed by atoms with Gasteiger partial charge in [0.2, 0.25) is 0 Å². The number of ether oxygens (including phenoxy) is 2. The molecule has 0 heterocycles. The highest BCUT2D eigenvalue weighted by atomic mass is 35.5. The zero-order chi connectivity index (χ0) is 15.2. The molecule has 110 valence electrons. The maximum atomic E-state index is 6.07. The van der Waals surface area contributed by atoms with Gasteiger partial charge in [-0.05, 0) is 42.8 Å². The number of hydrogen-bond acceptors (Lipinski definition) is 4. The van der Waals surface area contributed by atoms with Crippen LogP contribution in [0.4, 0.5) is 5.69 Å². The molecule has 4 nitrogen and oxygen atoms in total. The largest absolute Gasteiger partial charge is 0.497 e. The Kier molecular flexibility index (Phi) is 5.06. The van der Waals surface area contributed by atoms with Crippen molar-refractivity contribution in [2.45, 2.75) is 6.92 Å². The summed E-state index contributed by atoms with van der Waals surface area (Å²) >= 11 is 6.07. The summed E-state index contributed by atoms with van der Waals surface area (Å²) in [5, 5.41) is 4.90. The lowest BCUT2D eigenvalue weighted by molar-refractivity contribution is 0.402. The predicted molar refractivity (Wildman–Crippen MR) is 87.0 cm³/mol. The molecular weight excluding hydrogens is 288 g/mol. The molecule has 0 saturated heterocycles. The van der Waals surface area contributed by atoms with Crippen LogP contribution in [-0.2, 0) is 0 Å². The predicted octanol–water partition coefficient (Wildman–Crippen LogP) is 4.11. The van der Waals surface area contributed by atoms with Gasteiger partial charge in [-0.25, -0.2) is 0 Å². The number of methoxy groups -OCH3 is 2. The van der Waals surface area contributed by atoms with Crippen LogP contribution in [0.2, 0.25) is 5.02 Å². The fourth-order valence-corrected chi connectivity index (χ4v) is 1.96. The minimum Gasteiger partial charge on any atom is -0.497 e. The van der Waals surface area contributed by atoms with Gasteiger partial charge in [-0.2, -0.15) is 5.10 Å². The SMILES string of the molecule is COc1ccc(OC)c(/C=N/Nc2ccc(C)c(Cl)c2)c1. The minimum atomic E-state index is 0.703. The molecular formula is C16H17ClN2O2. The van der Waals surface area contributed by atoms with Crippen LogP contribution in [-0.4, -0.2) is 20.4 Å². The number of halogens is 1. The van der Waals surface area contributed by atoms with E-state index in [9.17, 15) is 0 Å². The first kappa shape index (κ1) is 15.2. The van der Waals surface area contributed by atoms with E-state index in [1.54, 1.807) is 20.4 Å². The van der Waals surface area contributed by atoms with Crippen molar-refractivity contribution in [1.29, 1.82) is 0 Å². The third-order valence-electron chi connectivity index (χ3n) is 3.01. The van der Waals surface area contributed by atoms with Gasteiger partial charge in [0.05, 0.1) is 26.1 Å². The van der Waals surface area contributed by atoms with Gasteiger partial charge in [-0.1, -0.05) is 17.7 Å². The molecule has 0 aliphatic rings. The summed E-state index contributed by atoms with van der Waals surface area (Å²) in [6, 6.07) is 11.2. The number of nitrogens with one attached hydrogen (secondary N) is 1. The van der Waals surface area contributed by atoms with Crippen molar-refractivity contribution in [3.63, 3.8) is 0 Å². The van der Waals surface area contributed by atoms with Gasteiger partial charge in [0.25, 0.3) is 0 Å². The first-order valence-corrected chi connectivity index (χ1v) is 6.79. The summed E-state index contributed by atoms with van der Waals surface area (Å²) < 4.78 is 10.5. The van der Waals surface area contributed by atoms with Crippen molar-refractivity contribution in [3.8, 4) is 11.5 Å². The number of anilines is 1. The molecule has 0 aliphatic heterocycles. The lowest BCUT2D eigenvalue weighted by Gasteiger charge is -2.07. The van der Waals surface area contributed by atoms with Crippen molar-refractivity contribution in [2.24, 2.45) is 5.10 Å². The van der Waals surface area contributed by atoms with Gasteiger partial charge in [0.1, 0.15) is 11.5 Å². The molecule has 0 amide bonds. The lowest BCUT2D eigenvalue weighted by atomic mass is 10.2. The molecule has 2 aromatic rings. The molecule has 0 aromatic heterocycles. The van der Waals surface area contributed by atoms with Crippen LogP contribution >= 0.6 is 11.6 Å². The van der Waals surface area contributed by atoms with E-state index in [-0.39, 0.29) is 0 Å². The summed E-state index contributed by atoms with van der Waals surface area (Å²) in [6.07, 6.45) is 1.68. The third kappa shape index (κ3) is 3.89. The molecule has 0 unspecified atom stereocenters. The second kappa shape index (κ2) is 6.99. The molecule has 21 heavy (non-hydrogen) atoms. The average Bonchev–Trinajstić information content (AvgIpc) is 2.50. The third-order valence-corrected chi connectivity index (χ3v) is 3.41. The molecule has 0 aliphatic carbocycles. The Balaban J connectivity index is 2.15. The Bertz CT molecular complexity index is 657. The minimum absolute atomic E-state index is 0.703. The number of benzene rings is 2. The molecule has 0 radical (unpaired) electrons. The van der Waals surface area contributed by atoms with Crippen molar-refractivity contribution in [2.75, 3.05) is 19.6 Å². The second-order valence-electron chi connectivity index (χ2n) is 4.44. The fraction of sp³-hybridized carbons (Fsp3) is 0.188. The smallest absolute Gasteiger partial charge is 0.127 e. The number of hydrazone groups is 1. The maximum absolute atomic E-state index is 6.07. The zero-order valence-corrected chi connectivity index (χ0v) is 12.9. The molecule has 5 heteroatoms. The molecule has 0 saturated carbocycles. The molecule has 2 rings (SSSR count). The second-order valence-corrected chi connectivity index (χ2v) is 4.85. The van der Waals surface area contributed by atoms with Crippen LogP contribution in [0.15, 0.2) is 41.5 Å². The van der Waals surface area contributed by atoms with E-state index in [1.165, 1.54) is 0 Å². The highest BCUT2D eigenvalue weighted by molar-refractivity contribution is 6.31. The van der Waals surface area contributed by atoms with Crippen molar-refractivity contribution in [1.82, 2.24) is 0 Å². The standard InChI is InChI=1S/C16H17ClN2O2/c1-11-4-5-13(9-15(11)17)19-18-10-12-8-14(20-2)6-7-16(12)21-3/h4-10,19H,1-3H3/b18-10+. The van der Waals surface area contributed by atoms with Crippen LogP contribution in [0.1, 0.15) is 11.1 Å². The fourth-order valence-electron chi connectivity index (χ4n) is 1.78. The van der Waals surface area contributed by atoms with E-state index in [0.29, 0.717) is 5.02 Å². The van der Waals surface area contributed by atoms with Crippen LogP contribution in [0.3, 0.4) is 0 Å². The summed E-state index contributed by atoms with van der Waals surface area (Å²) in [5.74, 6) is 1.47. The monoisotopic (exact) mass is 304 g/mol. The number of hydrogen-bond donors (Lipinski definition) is 1. The summed E-state index contributed by atoms with van der Waals surface area (Å²) in [6.45, 7) is 1.95. The van der Waals surface area contributed by atoms with E-state index in [4.69, 9.17) is 21.1 Å². The first-order chi connectivity index (χ1) is 10.1. The molecule has 2 aromatic carbocycles. The topological polar surface area (TPSA) is 42.9 Å². The van der Waals surface area contributed by atoms with Crippen LogP contribution in [0, 0.1) is 6.92 Å².